The number of hydrogen-bond acceptors (Lipinski definition) is 0. The van der Waals surface area contributed by atoms with Gasteiger partial charge in [0.15, 0.2) is 0 Å². The molecule has 8 aromatic carbocycles. The van der Waals surface area contributed by atoms with E-state index in [2.05, 4.69) is 159 Å². The zero-order valence-electron chi connectivity index (χ0n) is 27.2. The molecule has 0 radical (unpaired) electrons. The zero-order valence-corrected chi connectivity index (χ0v) is 27.2. The van der Waals surface area contributed by atoms with Gasteiger partial charge in [-0.1, -0.05) is 113 Å². The van der Waals surface area contributed by atoms with E-state index in [1.54, 1.807) is 0 Å². The number of aromatic nitrogens is 1. The lowest BCUT2D eigenvalue weighted by molar-refractivity contribution is 0.869. The van der Waals surface area contributed by atoms with Crippen molar-refractivity contribution >= 4 is 81.2 Å². The van der Waals surface area contributed by atoms with Gasteiger partial charge in [-0.25, -0.2) is 0 Å². The van der Waals surface area contributed by atoms with Gasteiger partial charge in [-0.15, -0.1) is 0 Å². The van der Waals surface area contributed by atoms with Gasteiger partial charge < -0.3 is 4.40 Å². The van der Waals surface area contributed by atoms with E-state index in [1.807, 2.05) is 0 Å². The molecule has 0 saturated heterocycles. The van der Waals surface area contributed by atoms with E-state index in [-0.39, 0.29) is 0 Å². The predicted octanol–water partition coefficient (Wildman–Crippen LogP) is 13.4. The van der Waals surface area contributed by atoms with Crippen molar-refractivity contribution in [2.75, 3.05) is 0 Å². The Morgan fingerprint density at radius 1 is 0.383 bits per heavy atom. The Morgan fingerprint density at radius 2 is 0.915 bits per heavy atom. The fourth-order valence-electron chi connectivity index (χ4n) is 8.23. The van der Waals surface area contributed by atoms with Crippen LogP contribution < -0.4 is 0 Å². The second-order valence-electron chi connectivity index (χ2n) is 14.2. The highest BCUT2D eigenvalue weighted by Gasteiger charge is 2.21. The summed E-state index contributed by atoms with van der Waals surface area (Å²) in [6, 6.07) is 48.8. The normalized spacial score (nSPS) is 12.6. The van der Waals surface area contributed by atoms with Crippen molar-refractivity contribution in [2.45, 2.75) is 39.5 Å². The summed E-state index contributed by atoms with van der Waals surface area (Å²) in [4.78, 5) is 0. The average molecular weight is 602 g/mol. The van der Waals surface area contributed by atoms with Crippen molar-refractivity contribution in [3.63, 3.8) is 0 Å². The second-order valence-corrected chi connectivity index (χ2v) is 14.2. The molecule has 1 nitrogen and oxygen atoms in total. The molecule has 2 aromatic heterocycles. The molecule has 10 aromatic rings. The fourth-order valence-corrected chi connectivity index (χ4v) is 8.23. The van der Waals surface area contributed by atoms with E-state index >= 15 is 0 Å². The third kappa shape index (κ3) is 3.77. The molecule has 0 fully saturated rings. The van der Waals surface area contributed by atoms with Crippen LogP contribution in [-0.4, -0.2) is 4.40 Å². The largest absolute Gasteiger partial charge is 0.308 e. The molecule has 0 saturated carbocycles. The van der Waals surface area contributed by atoms with Gasteiger partial charge in [0, 0.05) is 21.5 Å². The first kappa shape index (κ1) is 26.8. The van der Waals surface area contributed by atoms with Crippen molar-refractivity contribution in [3.8, 4) is 11.1 Å². The van der Waals surface area contributed by atoms with E-state index < -0.39 is 0 Å². The summed E-state index contributed by atoms with van der Waals surface area (Å²) >= 11 is 0. The van der Waals surface area contributed by atoms with Crippen molar-refractivity contribution in [1.82, 2.24) is 4.40 Å². The molecule has 0 amide bonds. The van der Waals surface area contributed by atoms with Gasteiger partial charge in [-0.3, -0.25) is 0 Å². The van der Waals surface area contributed by atoms with Crippen LogP contribution in [0.5, 0.6) is 0 Å². The van der Waals surface area contributed by atoms with Gasteiger partial charge >= 0.3 is 0 Å². The van der Waals surface area contributed by atoms with Crippen LogP contribution in [0.15, 0.2) is 127 Å². The molecule has 10 rings (SSSR count). The standard InChI is InChI=1S/C46H35N/c1-26(2)28-13-15-30-24-44-40(20-33(30)17-28)42-22-35(39-19-32-9-5-6-10-36(32)37-11-7-8-12-38(37)39)23-43-41-21-34-18-29(27(3)4)14-16-31(34)25-45(41)47(44)46(42)43/h5-27H,1-4H3. The molecular weight excluding hydrogens is 567 g/mol. The Bertz CT molecular complexity index is 2760. The first-order chi connectivity index (χ1) is 22.9. The highest BCUT2D eigenvalue weighted by atomic mass is 14.9. The van der Waals surface area contributed by atoms with Crippen molar-refractivity contribution in [3.05, 3.63) is 139 Å². The van der Waals surface area contributed by atoms with Gasteiger partial charge in [0.2, 0.25) is 0 Å². The summed E-state index contributed by atoms with van der Waals surface area (Å²) in [7, 11) is 0. The maximum Gasteiger partial charge on any atom is 0.0620 e. The summed E-state index contributed by atoms with van der Waals surface area (Å²) in [6.07, 6.45) is 0. The van der Waals surface area contributed by atoms with Crippen LogP contribution in [0.3, 0.4) is 0 Å². The number of rotatable bonds is 3. The van der Waals surface area contributed by atoms with Gasteiger partial charge in [-0.2, -0.15) is 0 Å². The van der Waals surface area contributed by atoms with Gasteiger partial charge in [0.1, 0.15) is 0 Å². The first-order valence-corrected chi connectivity index (χ1v) is 17.0. The molecule has 0 aliphatic heterocycles. The topological polar surface area (TPSA) is 4.41 Å². The van der Waals surface area contributed by atoms with Crippen molar-refractivity contribution < 1.29 is 0 Å². The Hall–Kier alpha value is -5.40. The van der Waals surface area contributed by atoms with Crippen LogP contribution in [0.1, 0.15) is 50.7 Å². The summed E-state index contributed by atoms with van der Waals surface area (Å²) < 4.78 is 2.54. The third-order valence-corrected chi connectivity index (χ3v) is 10.8. The monoisotopic (exact) mass is 601 g/mol. The highest BCUT2D eigenvalue weighted by molar-refractivity contribution is 6.27. The van der Waals surface area contributed by atoms with Gasteiger partial charge in [-0.05, 0) is 120 Å². The molecule has 0 spiro atoms. The molecule has 0 atom stereocenters. The average Bonchev–Trinajstić information content (AvgIpc) is 3.59. The fraction of sp³-hybridized carbons (Fsp3) is 0.130. The lowest BCUT2D eigenvalue weighted by Crippen LogP contribution is -1.88. The Labute approximate surface area is 274 Å². The summed E-state index contributed by atoms with van der Waals surface area (Å²) in [5.41, 5.74) is 9.21. The lowest BCUT2D eigenvalue weighted by atomic mass is 9.91. The van der Waals surface area contributed by atoms with Gasteiger partial charge in [0.05, 0.1) is 16.6 Å². The summed E-state index contributed by atoms with van der Waals surface area (Å²) in [5.74, 6) is 0.983. The van der Waals surface area contributed by atoms with Crippen LogP contribution in [-0.2, 0) is 0 Å². The van der Waals surface area contributed by atoms with Crippen molar-refractivity contribution in [2.24, 2.45) is 0 Å². The van der Waals surface area contributed by atoms with Crippen LogP contribution in [0, 0.1) is 0 Å². The number of benzene rings is 8. The molecule has 47 heavy (non-hydrogen) atoms. The second kappa shape index (κ2) is 9.56. The minimum atomic E-state index is 0.492. The van der Waals surface area contributed by atoms with Crippen molar-refractivity contribution in [1.29, 1.82) is 0 Å². The number of nitrogens with zero attached hydrogens (tertiary/aromatic N) is 1. The molecule has 0 aliphatic rings. The Kier molecular flexibility index (Phi) is 5.45. The first-order valence-electron chi connectivity index (χ1n) is 17.0. The Morgan fingerprint density at radius 3 is 1.49 bits per heavy atom. The number of hydrogen-bond donors (Lipinski definition) is 0. The van der Waals surface area contributed by atoms with E-state index in [4.69, 9.17) is 0 Å². The molecule has 0 bridgehead atoms. The molecule has 1 heteroatoms. The smallest absolute Gasteiger partial charge is 0.0620 e. The van der Waals surface area contributed by atoms with E-state index in [9.17, 15) is 0 Å². The number of fused-ring (bicyclic) bond motifs is 11. The molecule has 0 N–H and O–H groups in total. The van der Waals surface area contributed by atoms with Crippen LogP contribution in [0.2, 0.25) is 0 Å². The molecule has 2 heterocycles. The van der Waals surface area contributed by atoms with E-state index in [1.165, 1.54) is 103 Å². The van der Waals surface area contributed by atoms with Crippen LogP contribution in [0.4, 0.5) is 0 Å². The third-order valence-electron chi connectivity index (χ3n) is 10.8. The van der Waals surface area contributed by atoms with Crippen LogP contribution in [0.25, 0.3) is 92.3 Å². The Balaban J connectivity index is 1.39. The van der Waals surface area contributed by atoms with Gasteiger partial charge in [0.25, 0.3) is 0 Å². The van der Waals surface area contributed by atoms with Crippen LogP contribution >= 0.6 is 0 Å². The lowest BCUT2D eigenvalue weighted by Gasteiger charge is -2.12. The minimum absolute atomic E-state index is 0.492. The maximum absolute atomic E-state index is 2.54. The van der Waals surface area contributed by atoms with E-state index in [0.717, 1.165) is 0 Å². The van der Waals surface area contributed by atoms with E-state index in [0.29, 0.717) is 11.8 Å². The summed E-state index contributed by atoms with van der Waals surface area (Å²) in [6.45, 7) is 9.12. The minimum Gasteiger partial charge on any atom is -0.308 e. The zero-order chi connectivity index (χ0) is 31.6. The molecule has 224 valence electrons. The SMILES string of the molecule is CC(C)c1ccc2cc3c(cc2c1)c1cc(-c2cc4ccccc4c4ccccc24)cc2c4cc5cc(C(C)C)ccc5cc4n3c12. The molecular formula is C46H35N. The quantitative estimate of drug-likeness (QED) is 0.177. The molecule has 0 unspecified atom stereocenters. The molecule has 0 aliphatic carbocycles. The highest BCUT2D eigenvalue weighted by Crippen LogP contribution is 2.45. The predicted molar refractivity (Wildman–Crippen MR) is 205 cm³/mol. The summed E-state index contributed by atoms with van der Waals surface area (Å²) in [5, 5.41) is 15.7. The maximum atomic E-state index is 2.54.